The molecule has 0 aliphatic rings. The van der Waals surface area contributed by atoms with E-state index < -0.39 is 5.41 Å². The molecule has 0 heterocycles. The molecule has 10 aromatic carbocycles. The molecular weight excluding hydrogens is 997 g/mol. The van der Waals surface area contributed by atoms with E-state index in [2.05, 4.69) is 31.2 Å². The summed E-state index contributed by atoms with van der Waals surface area (Å²) in [4.78, 5) is 0. The highest BCUT2D eigenvalue weighted by molar-refractivity contribution is 5.84. The smallest absolute Gasteiger partial charge is 0.127 e. The zero-order chi connectivity index (χ0) is 56.5. The van der Waals surface area contributed by atoms with E-state index in [4.69, 9.17) is 18.9 Å². The van der Waals surface area contributed by atoms with E-state index in [9.17, 15) is 40.9 Å². The van der Waals surface area contributed by atoms with Crippen LogP contribution in [0, 0.1) is 0 Å². The second-order valence-corrected chi connectivity index (χ2v) is 18.0. The van der Waals surface area contributed by atoms with Crippen LogP contribution in [0.2, 0.25) is 0 Å². The molecule has 0 atom stereocenters. The first-order valence-corrected chi connectivity index (χ1v) is 25.0. The van der Waals surface area contributed by atoms with Crippen molar-refractivity contribution in [2.45, 2.75) is 18.3 Å². The number of phenols is 8. The predicted molar refractivity (Wildman–Crippen MR) is 308 cm³/mol. The molecule has 10 aromatic rings. The number of methoxy groups -OCH3 is 4. The average molecular weight is 1060 g/mol. The minimum absolute atomic E-state index is 0.0121. The normalized spacial score (nSPS) is 10.6. The lowest BCUT2D eigenvalue weighted by atomic mass is 9.65. The molecule has 0 fully saturated rings. The van der Waals surface area contributed by atoms with Gasteiger partial charge in [0.15, 0.2) is 0 Å². The molecule has 8 N–H and O–H groups in total. The van der Waals surface area contributed by atoms with E-state index >= 15 is 0 Å². The van der Waals surface area contributed by atoms with Gasteiger partial charge in [-0.3, -0.25) is 0 Å². The second kappa shape index (κ2) is 26.5. The number of ether oxygens (including phenoxy) is 4. The van der Waals surface area contributed by atoms with Gasteiger partial charge in [-0.2, -0.15) is 0 Å². The highest BCUT2D eigenvalue weighted by Crippen LogP contribution is 2.48. The Hall–Kier alpha value is -10.2. The summed E-state index contributed by atoms with van der Waals surface area (Å²) in [6.07, 6.45) is 0. The lowest BCUT2D eigenvalue weighted by Gasteiger charge is -2.37. The molecule has 0 aliphatic heterocycles. The molecule has 0 radical (unpaired) electrons. The molecule has 0 aromatic heterocycles. The fourth-order valence-electron chi connectivity index (χ4n) is 8.96. The van der Waals surface area contributed by atoms with Gasteiger partial charge in [-0.25, -0.2) is 0 Å². The Bertz CT molecular complexity index is 3100. The van der Waals surface area contributed by atoms with Gasteiger partial charge in [0, 0.05) is 5.92 Å². The molecule has 402 valence electrons. The van der Waals surface area contributed by atoms with Crippen LogP contribution in [-0.2, 0) is 5.41 Å². The molecule has 12 heteroatoms. The largest absolute Gasteiger partial charge is 0.508 e. The third kappa shape index (κ3) is 13.8. The lowest BCUT2D eigenvalue weighted by molar-refractivity contribution is 0.414. The van der Waals surface area contributed by atoms with Crippen LogP contribution >= 0.6 is 0 Å². The Morgan fingerprint density at radius 3 is 0.709 bits per heavy atom. The molecule has 0 bridgehead atoms. The Labute approximate surface area is 459 Å². The van der Waals surface area contributed by atoms with Crippen LogP contribution < -0.4 is 18.9 Å². The van der Waals surface area contributed by atoms with Gasteiger partial charge >= 0.3 is 0 Å². The Morgan fingerprint density at radius 2 is 0.494 bits per heavy atom. The third-order valence-corrected chi connectivity index (χ3v) is 13.2. The van der Waals surface area contributed by atoms with Gasteiger partial charge in [0.2, 0.25) is 0 Å². The van der Waals surface area contributed by atoms with Crippen molar-refractivity contribution in [3.05, 3.63) is 264 Å². The maximum absolute atomic E-state index is 9.84. The molecule has 79 heavy (non-hydrogen) atoms. The highest BCUT2D eigenvalue weighted by atomic mass is 16.5. The number of phenolic OH excluding ortho intramolecular Hbond substituents is 8. The summed E-state index contributed by atoms with van der Waals surface area (Å²) in [5.41, 5.74) is 7.66. The van der Waals surface area contributed by atoms with Crippen LogP contribution in [0.1, 0.15) is 46.2 Å². The zero-order valence-corrected chi connectivity index (χ0v) is 44.2. The van der Waals surface area contributed by atoms with Crippen molar-refractivity contribution in [1.29, 1.82) is 0 Å². The summed E-state index contributed by atoms with van der Waals surface area (Å²) in [5.74, 6) is 3.67. The van der Waals surface area contributed by atoms with Gasteiger partial charge in [0.25, 0.3) is 0 Å². The molecule has 0 unspecified atom stereocenters. The Balaban J connectivity index is 0.000000158. The summed E-state index contributed by atoms with van der Waals surface area (Å²) >= 11 is 0. The summed E-state index contributed by atoms with van der Waals surface area (Å²) in [7, 11) is 6.70. The SMILES string of the molecule is COc1ccc(-c2ccc(OC)cc2)cc1.COc1ccc(C(C)c2ccc(OC)cc2)cc1.Oc1ccc(C(c2ccc(O)cc2)(c2ccc(O)cc2)c2ccc(O)cc2)cc1.Oc1cccc(O)c1-c1c(O)cccc1O. The van der Waals surface area contributed by atoms with E-state index in [-0.39, 0.29) is 57.1 Å². The average Bonchev–Trinajstić information content (AvgIpc) is 3.66. The van der Waals surface area contributed by atoms with Crippen LogP contribution in [0.25, 0.3) is 22.3 Å². The van der Waals surface area contributed by atoms with E-state index in [1.165, 1.54) is 58.7 Å². The molecule has 10 rings (SSSR count). The van der Waals surface area contributed by atoms with Crippen molar-refractivity contribution in [1.82, 2.24) is 0 Å². The lowest BCUT2D eigenvalue weighted by Crippen LogP contribution is -2.30. The standard InChI is InChI=1S/C25H20O4.C16H18O2.C14H14O2.C12H10O4/c26-21-9-1-17(2-10-21)25(18-3-11-22(27)12-4-18,19-5-13-23(28)14-6-19)20-7-15-24(29)16-8-20;1-12(13-4-8-15(17-2)9-5-13)14-6-10-16(18-3)11-7-14;1-15-13-7-3-11(4-8-13)12-5-9-14(16-2)10-6-12;13-7-3-1-4-8(14)11(7)12-9(15)5-2-6-10(12)16/h1-16,26-29H;4-12H,1-3H3;3-10H,1-2H3;1-6,13-16H. The van der Waals surface area contributed by atoms with E-state index in [0.29, 0.717) is 5.92 Å². The van der Waals surface area contributed by atoms with Crippen molar-refractivity contribution >= 4 is 0 Å². The first kappa shape index (κ1) is 56.5. The van der Waals surface area contributed by atoms with Crippen molar-refractivity contribution in [2.75, 3.05) is 28.4 Å². The summed E-state index contributed by atoms with van der Waals surface area (Å²) in [5, 5.41) is 77.8. The fourth-order valence-corrected chi connectivity index (χ4v) is 8.96. The maximum Gasteiger partial charge on any atom is 0.127 e. The topological polar surface area (TPSA) is 199 Å². The van der Waals surface area contributed by atoms with Gasteiger partial charge in [-0.05, 0) is 166 Å². The predicted octanol–water partition coefficient (Wildman–Crippen LogP) is 14.3. The second-order valence-electron chi connectivity index (χ2n) is 18.0. The van der Waals surface area contributed by atoms with Gasteiger partial charge < -0.3 is 59.8 Å². The first-order valence-electron chi connectivity index (χ1n) is 25.0. The fraction of sp³-hybridized carbons (Fsp3) is 0.104. The molecule has 0 saturated carbocycles. The summed E-state index contributed by atoms with van der Waals surface area (Å²) in [6, 6.07) is 68.6. The van der Waals surface area contributed by atoms with E-state index in [0.717, 1.165) is 45.3 Å². The molecule has 0 amide bonds. The van der Waals surface area contributed by atoms with Crippen LogP contribution in [0.5, 0.6) is 69.0 Å². The van der Waals surface area contributed by atoms with Crippen LogP contribution in [0.15, 0.2) is 231 Å². The van der Waals surface area contributed by atoms with E-state index in [1.807, 2.05) is 121 Å². The number of hydrogen-bond acceptors (Lipinski definition) is 12. The number of benzene rings is 10. The van der Waals surface area contributed by atoms with Gasteiger partial charge in [-0.1, -0.05) is 116 Å². The van der Waals surface area contributed by atoms with Crippen LogP contribution in [-0.4, -0.2) is 69.3 Å². The van der Waals surface area contributed by atoms with E-state index in [1.54, 1.807) is 77.0 Å². The Morgan fingerprint density at radius 1 is 0.278 bits per heavy atom. The molecule has 0 aliphatic carbocycles. The quantitative estimate of drug-likeness (QED) is 0.0540. The monoisotopic (exact) mass is 1060 g/mol. The van der Waals surface area contributed by atoms with Gasteiger partial charge in [-0.15, -0.1) is 0 Å². The van der Waals surface area contributed by atoms with Crippen molar-refractivity contribution in [3.63, 3.8) is 0 Å². The van der Waals surface area contributed by atoms with Crippen molar-refractivity contribution < 1.29 is 59.8 Å². The molecule has 12 nitrogen and oxygen atoms in total. The molecular formula is C67H62O12. The number of hydrogen-bond donors (Lipinski definition) is 8. The number of rotatable bonds is 12. The summed E-state index contributed by atoms with van der Waals surface area (Å²) < 4.78 is 20.6. The minimum Gasteiger partial charge on any atom is -0.508 e. The minimum atomic E-state index is -0.803. The number of aromatic hydroxyl groups is 8. The van der Waals surface area contributed by atoms with Crippen LogP contribution in [0.4, 0.5) is 0 Å². The van der Waals surface area contributed by atoms with Gasteiger partial charge in [0.05, 0.1) is 45.0 Å². The highest BCUT2D eigenvalue weighted by Gasteiger charge is 2.38. The first-order chi connectivity index (χ1) is 38.2. The van der Waals surface area contributed by atoms with Crippen molar-refractivity contribution in [3.8, 4) is 91.2 Å². The Kier molecular flexibility index (Phi) is 19.0. The zero-order valence-electron chi connectivity index (χ0n) is 44.2. The van der Waals surface area contributed by atoms with Crippen molar-refractivity contribution in [2.24, 2.45) is 0 Å². The third-order valence-electron chi connectivity index (χ3n) is 13.2. The maximum atomic E-state index is 9.84. The van der Waals surface area contributed by atoms with Gasteiger partial charge in [0.1, 0.15) is 69.0 Å². The van der Waals surface area contributed by atoms with Crippen LogP contribution in [0.3, 0.4) is 0 Å². The summed E-state index contributed by atoms with van der Waals surface area (Å²) in [6.45, 7) is 2.20. The molecule has 0 saturated heterocycles. The molecule has 0 spiro atoms.